The summed E-state index contributed by atoms with van der Waals surface area (Å²) in [5.41, 5.74) is 4.31. The molecule has 0 bridgehead atoms. The Hall–Kier alpha value is -4.14. The van der Waals surface area contributed by atoms with E-state index in [1.165, 1.54) is 31.2 Å². The van der Waals surface area contributed by atoms with Crippen molar-refractivity contribution < 1.29 is 18.8 Å². The molecule has 2 aromatic heterocycles. The van der Waals surface area contributed by atoms with E-state index >= 15 is 0 Å². The number of halogens is 2. The molecule has 0 saturated heterocycles. The second-order valence-electron chi connectivity index (χ2n) is 8.34. The van der Waals surface area contributed by atoms with Crippen LogP contribution in [0.2, 0.25) is 0 Å². The van der Waals surface area contributed by atoms with Gasteiger partial charge in [-0.15, -0.1) is 0 Å². The summed E-state index contributed by atoms with van der Waals surface area (Å²) in [7, 11) is 0. The Morgan fingerprint density at radius 3 is 2.49 bits per heavy atom. The Bertz CT molecular complexity index is 1390. The molecule has 180 valence electrons. The molecule has 2 heterocycles. The predicted octanol–water partition coefficient (Wildman–Crippen LogP) is 5.92. The molecule has 2 aromatic carbocycles. The van der Waals surface area contributed by atoms with Crippen molar-refractivity contribution in [3.8, 4) is 22.5 Å². The van der Waals surface area contributed by atoms with E-state index in [0.29, 0.717) is 11.3 Å². The van der Waals surface area contributed by atoms with Crippen LogP contribution in [-0.2, 0) is 5.92 Å². The number of imidazole rings is 1. The van der Waals surface area contributed by atoms with Crippen LogP contribution in [-0.4, -0.2) is 31.0 Å². The summed E-state index contributed by atoms with van der Waals surface area (Å²) in [4.78, 5) is 17.4. The first-order valence-corrected chi connectivity index (χ1v) is 11.1. The van der Waals surface area contributed by atoms with Crippen molar-refractivity contribution in [1.82, 2.24) is 19.9 Å². The first-order valence-electron chi connectivity index (χ1n) is 11.1. The molecule has 7 nitrogen and oxygen atoms in total. The molecule has 0 atom stereocenters. The number of alkyl halides is 2. The average molecular weight is 478 g/mol. The Labute approximate surface area is 201 Å². The quantitative estimate of drug-likeness (QED) is 0.336. The minimum absolute atomic E-state index is 0.0870. The summed E-state index contributed by atoms with van der Waals surface area (Å²) in [6.45, 7) is 6.79. The van der Waals surface area contributed by atoms with Crippen molar-refractivity contribution in [2.45, 2.75) is 40.0 Å². The maximum Gasteiger partial charge on any atom is 0.277 e. The molecule has 0 saturated carbocycles. The molecule has 0 aliphatic heterocycles. The van der Waals surface area contributed by atoms with Gasteiger partial charge >= 0.3 is 0 Å². The highest BCUT2D eigenvalue weighted by atomic mass is 19.3. The number of rotatable bonds is 6. The Kier molecular flexibility index (Phi) is 6.34. The molecule has 35 heavy (non-hydrogen) atoms. The topological polar surface area (TPSA) is 92.9 Å². The van der Waals surface area contributed by atoms with Crippen LogP contribution in [0.15, 0.2) is 54.7 Å². The fourth-order valence-electron chi connectivity index (χ4n) is 4.04. The molecule has 0 aliphatic carbocycles. The summed E-state index contributed by atoms with van der Waals surface area (Å²) in [6.07, 6.45) is 1.32. The minimum atomic E-state index is -3.01. The number of hydrogen-bond donors (Lipinski definition) is 2. The standard InChI is InChI=1S/C26H25F2N5O2/c1-5-26(27,28)20-10-7-11-21(13-20)31-25(34)23-17(4)30-24(33(23)35)19-9-6-8-18(12-19)22-15(2)14-29-32-16(22)3/h6-14,35H,5H2,1-4H3,(H,31,34). The zero-order valence-corrected chi connectivity index (χ0v) is 19.8. The van der Waals surface area contributed by atoms with E-state index < -0.39 is 11.8 Å². The lowest BCUT2D eigenvalue weighted by atomic mass is 9.99. The summed E-state index contributed by atoms with van der Waals surface area (Å²) in [6, 6.07) is 12.9. The fraction of sp³-hybridized carbons (Fsp3) is 0.231. The van der Waals surface area contributed by atoms with Gasteiger partial charge in [-0.25, -0.2) is 13.8 Å². The Morgan fingerprint density at radius 2 is 1.77 bits per heavy atom. The van der Waals surface area contributed by atoms with E-state index in [9.17, 15) is 18.8 Å². The van der Waals surface area contributed by atoms with Crippen molar-refractivity contribution in [3.05, 3.63) is 82.9 Å². The number of amides is 1. The smallest absolute Gasteiger partial charge is 0.277 e. The molecular formula is C26H25F2N5O2. The molecule has 1 amide bonds. The lowest BCUT2D eigenvalue weighted by molar-refractivity contribution is -0.00824. The first-order chi connectivity index (χ1) is 16.6. The maximum atomic E-state index is 14.1. The van der Waals surface area contributed by atoms with Crippen LogP contribution >= 0.6 is 0 Å². The van der Waals surface area contributed by atoms with Gasteiger partial charge in [-0.3, -0.25) is 4.79 Å². The van der Waals surface area contributed by atoms with Gasteiger partial charge in [0, 0.05) is 28.8 Å². The van der Waals surface area contributed by atoms with Crippen molar-refractivity contribution in [2.24, 2.45) is 0 Å². The maximum absolute atomic E-state index is 14.1. The summed E-state index contributed by atoms with van der Waals surface area (Å²) in [5, 5.41) is 21.5. The molecular weight excluding hydrogens is 452 g/mol. The Morgan fingerprint density at radius 1 is 1.06 bits per heavy atom. The lowest BCUT2D eigenvalue weighted by Crippen LogP contribution is -2.18. The van der Waals surface area contributed by atoms with Crippen molar-refractivity contribution in [3.63, 3.8) is 0 Å². The van der Waals surface area contributed by atoms with E-state index in [1.54, 1.807) is 19.2 Å². The van der Waals surface area contributed by atoms with Gasteiger partial charge in [0.2, 0.25) is 0 Å². The van der Waals surface area contributed by atoms with Crippen LogP contribution in [0.5, 0.6) is 0 Å². The number of anilines is 1. The second kappa shape index (κ2) is 9.25. The van der Waals surface area contributed by atoms with E-state index in [1.807, 2.05) is 32.0 Å². The molecule has 0 fully saturated rings. The highest BCUT2D eigenvalue weighted by molar-refractivity contribution is 6.04. The zero-order valence-electron chi connectivity index (χ0n) is 19.8. The van der Waals surface area contributed by atoms with Crippen LogP contribution in [0.1, 0.15) is 46.3 Å². The lowest BCUT2D eigenvalue weighted by Gasteiger charge is -2.15. The summed E-state index contributed by atoms with van der Waals surface area (Å²) in [5.74, 6) is -3.49. The van der Waals surface area contributed by atoms with Crippen LogP contribution < -0.4 is 5.32 Å². The van der Waals surface area contributed by atoms with Gasteiger partial charge in [0.1, 0.15) is 0 Å². The molecule has 9 heteroatoms. The molecule has 2 N–H and O–H groups in total. The van der Waals surface area contributed by atoms with Crippen LogP contribution in [0.25, 0.3) is 22.5 Å². The number of aromatic nitrogens is 4. The second-order valence-corrected chi connectivity index (χ2v) is 8.34. The van der Waals surface area contributed by atoms with Gasteiger partial charge in [-0.2, -0.15) is 14.9 Å². The third-order valence-corrected chi connectivity index (χ3v) is 5.86. The monoisotopic (exact) mass is 477 g/mol. The van der Waals surface area contributed by atoms with Crippen molar-refractivity contribution in [2.75, 3.05) is 5.32 Å². The van der Waals surface area contributed by atoms with Crippen molar-refractivity contribution >= 4 is 11.6 Å². The third-order valence-electron chi connectivity index (χ3n) is 5.86. The number of nitrogens with zero attached hydrogens (tertiary/aromatic N) is 4. The van der Waals surface area contributed by atoms with E-state index in [0.717, 1.165) is 27.1 Å². The van der Waals surface area contributed by atoms with E-state index in [2.05, 4.69) is 20.5 Å². The number of benzene rings is 2. The minimum Gasteiger partial charge on any atom is -0.426 e. The van der Waals surface area contributed by atoms with Crippen LogP contribution in [0.3, 0.4) is 0 Å². The normalized spacial score (nSPS) is 11.5. The van der Waals surface area contributed by atoms with E-state index in [-0.39, 0.29) is 29.2 Å². The third kappa shape index (κ3) is 4.62. The number of carbonyl (C=O) groups is 1. The average Bonchev–Trinajstić information content (AvgIpc) is 3.13. The number of carbonyl (C=O) groups excluding carboxylic acids is 1. The number of aryl methyl sites for hydroxylation is 3. The largest absolute Gasteiger partial charge is 0.426 e. The molecule has 0 spiro atoms. The summed E-state index contributed by atoms with van der Waals surface area (Å²) >= 11 is 0. The van der Waals surface area contributed by atoms with Gasteiger partial charge in [0.15, 0.2) is 11.5 Å². The SMILES string of the molecule is CCC(F)(F)c1cccc(NC(=O)c2c(C)nc(-c3cccc(-c4c(C)cnnc4C)c3)n2O)c1. The van der Waals surface area contributed by atoms with Crippen molar-refractivity contribution in [1.29, 1.82) is 0 Å². The predicted molar refractivity (Wildman–Crippen MR) is 129 cm³/mol. The molecule has 0 radical (unpaired) electrons. The highest BCUT2D eigenvalue weighted by Crippen LogP contribution is 2.33. The van der Waals surface area contributed by atoms with Gasteiger partial charge in [-0.05, 0) is 50.1 Å². The number of nitrogens with one attached hydrogen (secondary N) is 1. The molecule has 4 rings (SSSR count). The van der Waals surface area contributed by atoms with Gasteiger partial charge in [-0.1, -0.05) is 37.3 Å². The molecule has 4 aromatic rings. The molecule has 0 unspecified atom stereocenters. The number of hydrogen-bond acceptors (Lipinski definition) is 5. The highest BCUT2D eigenvalue weighted by Gasteiger charge is 2.29. The fourth-order valence-corrected chi connectivity index (χ4v) is 4.04. The Balaban J connectivity index is 1.67. The van der Waals surface area contributed by atoms with Gasteiger partial charge in [0.25, 0.3) is 11.8 Å². The van der Waals surface area contributed by atoms with Gasteiger partial charge < -0.3 is 10.5 Å². The first kappa shape index (κ1) is 24.0. The van der Waals surface area contributed by atoms with E-state index in [4.69, 9.17) is 0 Å². The van der Waals surface area contributed by atoms with Gasteiger partial charge in [0.05, 0.1) is 17.6 Å². The molecule has 0 aliphatic rings. The zero-order chi connectivity index (χ0) is 25.3. The summed E-state index contributed by atoms with van der Waals surface area (Å²) < 4.78 is 28.9. The van der Waals surface area contributed by atoms with Crippen LogP contribution in [0, 0.1) is 20.8 Å². The van der Waals surface area contributed by atoms with Crippen LogP contribution in [0.4, 0.5) is 14.5 Å².